The largest absolute Gasteiger partial charge is 0.468 e. The Morgan fingerprint density at radius 1 is 1.15 bits per heavy atom. The Morgan fingerprint density at radius 2 is 1.85 bits per heavy atom. The van der Waals surface area contributed by atoms with Crippen molar-refractivity contribution in [3.05, 3.63) is 64.1 Å². The van der Waals surface area contributed by atoms with Crippen LogP contribution in [0, 0.1) is 5.92 Å². The number of fused-ring (bicyclic) bond motifs is 3. The van der Waals surface area contributed by atoms with Crippen LogP contribution < -0.4 is 4.90 Å². The highest BCUT2D eigenvalue weighted by Gasteiger charge is 2.51. The second-order valence-electron chi connectivity index (χ2n) is 6.48. The minimum absolute atomic E-state index is 0.313. The standard InChI is InChI=1S/C20H16BrNO5/c1-26-20(25)17-14(11-6-8-12(21)9-7-11)10-16-22(18(17)23)15-5-3-2-4-13(15)19(24)27-16/h2-9,14,16-17H,10H2,1H3/t14-,16+,17-/m1/s1. The van der Waals surface area contributed by atoms with Gasteiger partial charge in [0.1, 0.15) is 5.92 Å². The molecule has 0 saturated carbocycles. The number of piperidine rings is 1. The smallest absolute Gasteiger partial charge is 0.342 e. The minimum atomic E-state index is -1.00. The molecule has 3 atom stereocenters. The molecule has 0 radical (unpaired) electrons. The lowest BCUT2D eigenvalue weighted by atomic mass is 9.78. The molecule has 0 aromatic heterocycles. The highest BCUT2D eigenvalue weighted by atomic mass is 79.9. The third kappa shape index (κ3) is 2.92. The molecule has 0 bridgehead atoms. The summed E-state index contributed by atoms with van der Waals surface area (Å²) in [5.74, 6) is -2.94. The predicted octanol–water partition coefficient (Wildman–Crippen LogP) is 3.26. The van der Waals surface area contributed by atoms with Gasteiger partial charge in [-0.3, -0.25) is 14.5 Å². The average Bonchev–Trinajstić information content (AvgIpc) is 2.68. The van der Waals surface area contributed by atoms with Gasteiger partial charge in [-0.25, -0.2) is 4.79 Å². The van der Waals surface area contributed by atoms with E-state index >= 15 is 0 Å². The Morgan fingerprint density at radius 3 is 2.56 bits per heavy atom. The summed E-state index contributed by atoms with van der Waals surface area (Å²) >= 11 is 3.38. The lowest BCUT2D eigenvalue weighted by Crippen LogP contribution is -2.57. The van der Waals surface area contributed by atoms with Crippen LogP contribution in [0.2, 0.25) is 0 Å². The molecule has 0 aliphatic carbocycles. The van der Waals surface area contributed by atoms with Gasteiger partial charge in [-0.1, -0.05) is 40.2 Å². The van der Waals surface area contributed by atoms with Gasteiger partial charge in [0.05, 0.1) is 18.4 Å². The second kappa shape index (κ2) is 6.81. The van der Waals surface area contributed by atoms with E-state index in [0.29, 0.717) is 17.7 Å². The molecule has 0 spiro atoms. The van der Waals surface area contributed by atoms with E-state index in [0.717, 1.165) is 10.0 Å². The molecule has 1 saturated heterocycles. The number of methoxy groups -OCH3 is 1. The van der Waals surface area contributed by atoms with Crippen LogP contribution in [0.15, 0.2) is 53.0 Å². The number of carbonyl (C=O) groups is 3. The zero-order valence-electron chi connectivity index (χ0n) is 14.4. The zero-order valence-corrected chi connectivity index (χ0v) is 16.0. The second-order valence-corrected chi connectivity index (χ2v) is 7.40. The van der Waals surface area contributed by atoms with Gasteiger partial charge in [0, 0.05) is 16.8 Å². The van der Waals surface area contributed by atoms with E-state index in [2.05, 4.69) is 15.9 Å². The Bertz CT molecular complexity index is 926. The number of hydrogen-bond donors (Lipinski definition) is 0. The number of hydrogen-bond acceptors (Lipinski definition) is 5. The van der Waals surface area contributed by atoms with Crippen LogP contribution in [0.25, 0.3) is 0 Å². The molecule has 1 amide bonds. The number of para-hydroxylation sites is 1. The monoisotopic (exact) mass is 429 g/mol. The number of amides is 1. The number of carbonyl (C=O) groups excluding carboxylic acids is 3. The zero-order chi connectivity index (χ0) is 19.1. The molecule has 138 valence electrons. The summed E-state index contributed by atoms with van der Waals surface area (Å²) in [6.07, 6.45) is -0.442. The first kappa shape index (κ1) is 17.7. The van der Waals surface area contributed by atoms with Gasteiger partial charge in [-0.05, 0) is 29.8 Å². The topological polar surface area (TPSA) is 72.9 Å². The van der Waals surface area contributed by atoms with E-state index in [-0.39, 0.29) is 0 Å². The van der Waals surface area contributed by atoms with Crippen LogP contribution in [-0.2, 0) is 19.1 Å². The van der Waals surface area contributed by atoms with E-state index in [1.165, 1.54) is 12.0 Å². The Labute approximate surface area is 164 Å². The van der Waals surface area contributed by atoms with Crippen molar-refractivity contribution in [1.29, 1.82) is 0 Å². The van der Waals surface area contributed by atoms with Crippen molar-refractivity contribution in [2.45, 2.75) is 18.6 Å². The number of rotatable bonds is 2. The molecular weight excluding hydrogens is 414 g/mol. The van der Waals surface area contributed by atoms with Gasteiger partial charge < -0.3 is 9.47 Å². The maximum Gasteiger partial charge on any atom is 0.342 e. The Hall–Kier alpha value is -2.67. The molecule has 2 aliphatic heterocycles. The summed E-state index contributed by atoms with van der Waals surface area (Å²) in [6, 6.07) is 14.2. The molecule has 2 aromatic carbocycles. The molecule has 1 fully saturated rings. The summed E-state index contributed by atoms with van der Waals surface area (Å²) in [6.45, 7) is 0. The lowest BCUT2D eigenvalue weighted by Gasteiger charge is -2.44. The van der Waals surface area contributed by atoms with Crippen LogP contribution in [0.5, 0.6) is 0 Å². The third-order valence-electron chi connectivity index (χ3n) is 5.03. The van der Waals surface area contributed by atoms with E-state index in [9.17, 15) is 14.4 Å². The molecule has 2 heterocycles. The molecular formula is C20H16BrNO5. The highest BCUT2D eigenvalue weighted by molar-refractivity contribution is 9.10. The molecule has 7 heteroatoms. The van der Waals surface area contributed by atoms with E-state index < -0.39 is 35.9 Å². The summed E-state index contributed by atoms with van der Waals surface area (Å²) in [5, 5.41) is 0. The van der Waals surface area contributed by atoms with E-state index in [1.54, 1.807) is 24.3 Å². The van der Waals surface area contributed by atoms with Gasteiger partial charge in [-0.15, -0.1) is 0 Å². The molecule has 27 heavy (non-hydrogen) atoms. The van der Waals surface area contributed by atoms with E-state index in [1.807, 2.05) is 24.3 Å². The van der Waals surface area contributed by atoms with Crippen LogP contribution >= 0.6 is 15.9 Å². The van der Waals surface area contributed by atoms with Crippen LogP contribution in [0.3, 0.4) is 0 Å². The predicted molar refractivity (Wildman–Crippen MR) is 100 cm³/mol. The first-order valence-corrected chi connectivity index (χ1v) is 9.27. The molecule has 4 rings (SSSR count). The molecule has 6 nitrogen and oxygen atoms in total. The summed E-state index contributed by atoms with van der Waals surface area (Å²) in [5.41, 5.74) is 1.59. The van der Waals surface area contributed by atoms with Gasteiger partial charge in [0.15, 0.2) is 6.23 Å². The van der Waals surface area contributed by atoms with Crippen LogP contribution in [-0.4, -0.2) is 31.2 Å². The van der Waals surface area contributed by atoms with Crippen molar-refractivity contribution in [3.8, 4) is 0 Å². The fraction of sp³-hybridized carbons (Fsp3) is 0.250. The molecule has 0 unspecified atom stereocenters. The fourth-order valence-corrected chi connectivity index (χ4v) is 4.04. The van der Waals surface area contributed by atoms with Crippen LogP contribution in [0.1, 0.15) is 28.3 Å². The summed E-state index contributed by atoms with van der Waals surface area (Å²) in [4.78, 5) is 39.6. The number of anilines is 1. The van der Waals surface area contributed by atoms with Crippen LogP contribution in [0.4, 0.5) is 5.69 Å². The van der Waals surface area contributed by atoms with Crippen molar-refractivity contribution in [2.24, 2.45) is 5.92 Å². The molecule has 2 aromatic rings. The molecule has 2 aliphatic rings. The molecule has 0 N–H and O–H groups in total. The minimum Gasteiger partial charge on any atom is -0.468 e. The van der Waals surface area contributed by atoms with E-state index in [4.69, 9.17) is 9.47 Å². The number of halogens is 1. The number of benzene rings is 2. The third-order valence-corrected chi connectivity index (χ3v) is 5.56. The normalized spacial score (nSPS) is 23.9. The van der Waals surface area contributed by atoms with Gasteiger partial charge >= 0.3 is 11.9 Å². The van der Waals surface area contributed by atoms with Gasteiger partial charge in [0.2, 0.25) is 5.91 Å². The first-order chi connectivity index (χ1) is 13.0. The lowest BCUT2D eigenvalue weighted by molar-refractivity contribution is -0.153. The Kier molecular flexibility index (Phi) is 4.47. The maximum atomic E-state index is 13.3. The first-order valence-electron chi connectivity index (χ1n) is 8.47. The quantitative estimate of drug-likeness (QED) is 0.541. The van der Waals surface area contributed by atoms with Crippen molar-refractivity contribution in [2.75, 3.05) is 12.0 Å². The van der Waals surface area contributed by atoms with Crippen molar-refractivity contribution >= 4 is 39.5 Å². The number of esters is 2. The van der Waals surface area contributed by atoms with Crippen molar-refractivity contribution in [3.63, 3.8) is 0 Å². The maximum absolute atomic E-state index is 13.3. The highest BCUT2D eigenvalue weighted by Crippen LogP contribution is 2.43. The van der Waals surface area contributed by atoms with Gasteiger partial charge in [-0.2, -0.15) is 0 Å². The summed E-state index contributed by atoms with van der Waals surface area (Å²) < 4.78 is 11.3. The number of ether oxygens (including phenoxy) is 2. The SMILES string of the molecule is COC(=O)[C@H]1C(=O)N2c3ccccc3C(=O)O[C@H]2C[C@@H]1c1ccc(Br)cc1. The van der Waals surface area contributed by atoms with Crippen molar-refractivity contribution < 1.29 is 23.9 Å². The van der Waals surface area contributed by atoms with Crippen molar-refractivity contribution in [1.82, 2.24) is 0 Å². The van der Waals surface area contributed by atoms with Gasteiger partial charge in [0.25, 0.3) is 0 Å². The fourth-order valence-electron chi connectivity index (χ4n) is 3.77. The Balaban J connectivity index is 1.80. The average molecular weight is 430 g/mol. The number of nitrogens with zero attached hydrogens (tertiary/aromatic N) is 1. The summed E-state index contributed by atoms with van der Waals surface area (Å²) in [7, 11) is 1.27.